The Morgan fingerprint density at radius 2 is 2.29 bits per heavy atom. The van der Waals surface area contributed by atoms with Crippen molar-refractivity contribution < 1.29 is 8.42 Å². The van der Waals surface area contributed by atoms with E-state index in [4.69, 9.17) is 0 Å². The normalized spacial score (nSPS) is 13.8. The maximum Gasteiger partial charge on any atom is 0.251 e. The summed E-state index contributed by atoms with van der Waals surface area (Å²) in [5, 5.41) is 1.71. The molecule has 0 fully saturated rings. The van der Waals surface area contributed by atoms with Crippen LogP contribution in [0.2, 0.25) is 0 Å². The van der Waals surface area contributed by atoms with Crippen molar-refractivity contribution in [2.24, 2.45) is 5.92 Å². The third kappa shape index (κ3) is 5.03. The monoisotopic (exact) mass is 340 g/mol. The molecule has 0 aliphatic carbocycles. The van der Waals surface area contributed by atoms with Crippen LogP contribution in [0.4, 0.5) is 0 Å². The number of nitrogens with zero attached hydrogens (tertiary/aromatic N) is 1. The van der Waals surface area contributed by atoms with Crippen molar-refractivity contribution in [2.45, 2.75) is 30.9 Å². The first kappa shape index (κ1) is 15.1. The van der Waals surface area contributed by atoms with Crippen LogP contribution in [0, 0.1) is 12.8 Å². The number of sulfonamides is 1. The van der Waals surface area contributed by atoms with Gasteiger partial charge in [0.25, 0.3) is 10.0 Å². The van der Waals surface area contributed by atoms with Gasteiger partial charge in [0.05, 0.1) is 11.2 Å². The van der Waals surface area contributed by atoms with Crippen LogP contribution in [-0.2, 0) is 10.0 Å². The lowest BCUT2D eigenvalue weighted by atomic mass is 10.1. The van der Waals surface area contributed by atoms with E-state index in [1.165, 1.54) is 17.5 Å². The highest BCUT2D eigenvalue weighted by Gasteiger charge is 2.16. The number of hydrogen-bond acceptors (Lipinski definition) is 4. The van der Waals surface area contributed by atoms with Crippen molar-refractivity contribution in [3.05, 3.63) is 11.2 Å². The molecule has 0 aromatic carbocycles. The predicted molar refractivity (Wildman–Crippen MR) is 74.2 cm³/mol. The Morgan fingerprint density at radius 1 is 1.59 bits per heavy atom. The van der Waals surface area contributed by atoms with Crippen molar-refractivity contribution in [1.82, 2.24) is 9.71 Å². The molecule has 0 spiro atoms. The molecule has 0 aliphatic rings. The van der Waals surface area contributed by atoms with Crippen molar-refractivity contribution >= 4 is 37.3 Å². The Morgan fingerprint density at radius 3 is 2.82 bits per heavy atom. The topological polar surface area (TPSA) is 59.1 Å². The molecule has 4 nitrogen and oxygen atoms in total. The molecule has 0 saturated carbocycles. The first-order valence-corrected chi connectivity index (χ1v) is 8.86. The lowest BCUT2D eigenvalue weighted by molar-refractivity contribution is 0.547. The minimum atomic E-state index is -3.35. The summed E-state index contributed by atoms with van der Waals surface area (Å²) < 4.78 is 26.5. The molecule has 7 heteroatoms. The van der Waals surface area contributed by atoms with E-state index in [1.807, 2.05) is 0 Å². The Balaban J connectivity index is 2.41. The summed E-state index contributed by atoms with van der Waals surface area (Å²) >= 11 is 4.60. The lowest BCUT2D eigenvalue weighted by Crippen LogP contribution is -2.24. The third-order valence-corrected chi connectivity index (χ3v) is 6.23. The van der Waals surface area contributed by atoms with E-state index in [9.17, 15) is 8.42 Å². The zero-order chi connectivity index (χ0) is 12.9. The molecule has 0 aliphatic heterocycles. The number of nitrogens with one attached hydrogen (secondary N) is 1. The van der Waals surface area contributed by atoms with Gasteiger partial charge in [-0.25, -0.2) is 18.1 Å². The van der Waals surface area contributed by atoms with Gasteiger partial charge in [-0.1, -0.05) is 22.9 Å². The highest BCUT2D eigenvalue weighted by molar-refractivity contribution is 9.09. The maximum atomic E-state index is 11.8. The summed E-state index contributed by atoms with van der Waals surface area (Å²) in [7, 11) is -3.35. The van der Waals surface area contributed by atoms with Gasteiger partial charge in [0, 0.05) is 11.9 Å². The number of hydrogen-bond donors (Lipinski definition) is 1. The highest BCUT2D eigenvalue weighted by atomic mass is 79.9. The first-order chi connectivity index (χ1) is 7.95. The Kier molecular flexibility index (Phi) is 6.05. The summed E-state index contributed by atoms with van der Waals surface area (Å²) in [4.78, 5) is 3.95. The van der Waals surface area contributed by atoms with Crippen molar-refractivity contribution in [3.63, 3.8) is 0 Å². The lowest BCUT2D eigenvalue weighted by Gasteiger charge is -2.07. The summed E-state index contributed by atoms with van der Waals surface area (Å²) in [6.07, 6.45) is 3.27. The third-order valence-electron chi connectivity index (χ3n) is 2.29. The minimum Gasteiger partial charge on any atom is -0.249 e. The summed E-state index contributed by atoms with van der Waals surface area (Å²) in [6, 6.07) is 0. The molecule has 17 heavy (non-hydrogen) atoms. The molecule has 1 aromatic heterocycles. The van der Waals surface area contributed by atoms with Crippen molar-refractivity contribution in [1.29, 1.82) is 0 Å². The Hall–Kier alpha value is 0.0200. The van der Waals surface area contributed by atoms with Crippen LogP contribution in [0.5, 0.6) is 0 Å². The zero-order valence-corrected chi connectivity index (χ0v) is 13.2. The molecule has 1 rings (SSSR count). The fraction of sp³-hybridized carbons (Fsp3) is 0.700. The second-order valence-corrected chi connectivity index (χ2v) is 7.87. The average Bonchev–Trinajstić information content (AvgIpc) is 2.71. The number of halogens is 1. The van der Waals surface area contributed by atoms with E-state index in [0.717, 1.165) is 23.2 Å². The molecule has 0 radical (unpaired) electrons. The maximum absolute atomic E-state index is 11.8. The van der Waals surface area contributed by atoms with Gasteiger partial charge in [-0.2, -0.15) is 0 Å². The van der Waals surface area contributed by atoms with Crippen molar-refractivity contribution in [2.75, 3.05) is 11.9 Å². The SMILES string of the molecule is Cc1ncc(S(=O)(=O)NCCCC(C)CBr)s1. The van der Waals surface area contributed by atoms with E-state index in [1.54, 1.807) is 6.92 Å². The van der Waals surface area contributed by atoms with E-state index >= 15 is 0 Å². The highest BCUT2D eigenvalue weighted by Crippen LogP contribution is 2.17. The molecule has 1 atom stereocenters. The van der Waals surface area contributed by atoms with Crippen LogP contribution in [0.3, 0.4) is 0 Å². The number of rotatable bonds is 7. The smallest absolute Gasteiger partial charge is 0.249 e. The standard InChI is InChI=1S/C10H17BrN2O2S2/c1-8(6-11)4-3-5-13-17(14,15)10-7-12-9(2)16-10/h7-8,13H,3-6H2,1-2H3. The van der Waals surface area contributed by atoms with Gasteiger partial charge in [0.2, 0.25) is 0 Å². The largest absolute Gasteiger partial charge is 0.251 e. The van der Waals surface area contributed by atoms with Gasteiger partial charge in [-0.15, -0.1) is 11.3 Å². The van der Waals surface area contributed by atoms with Gasteiger partial charge in [-0.05, 0) is 25.7 Å². The van der Waals surface area contributed by atoms with E-state index in [0.29, 0.717) is 16.7 Å². The fourth-order valence-electron chi connectivity index (χ4n) is 1.27. The number of aromatic nitrogens is 1. The number of aryl methyl sites for hydroxylation is 1. The molecule has 0 saturated heterocycles. The molecule has 98 valence electrons. The second kappa shape index (κ2) is 6.82. The number of alkyl halides is 1. The molecule has 1 aromatic rings. The second-order valence-electron chi connectivity index (χ2n) is 4.00. The van der Waals surface area contributed by atoms with E-state index in [2.05, 4.69) is 32.6 Å². The van der Waals surface area contributed by atoms with Crippen LogP contribution in [0.15, 0.2) is 10.4 Å². The van der Waals surface area contributed by atoms with E-state index in [-0.39, 0.29) is 0 Å². The quantitative estimate of drug-likeness (QED) is 0.612. The molecule has 1 N–H and O–H groups in total. The minimum absolute atomic E-state index is 0.295. The van der Waals surface area contributed by atoms with Crippen molar-refractivity contribution in [3.8, 4) is 0 Å². The van der Waals surface area contributed by atoms with Gasteiger partial charge in [-0.3, -0.25) is 0 Å². The average molecular weight is 341 g/mol. The van der Waals surface area contributed by atoms with Gasteiger partial charge >= 0.3 is 0 Å². The van der Waals surface area contributed by atoms with Crippen LogP contribution in [-0.4, -0.2) is 25.3 Å². The zero-order valence-electron chi connectivity index (χ0n) is 9.94. The van der Waals surface area contributed by atoms with Crippen LogP contribution < -0.4 is 4.72 Å². The molecular weight excluding hydrogens is 324 g/mol. The first-order valence-electron chi connectivity index (χ1n) is 5.43. The van der Waals surface area contributed by atoms with E-state index < -0.39 is 10.0 Å². The molecular formula is C10H17BrN2O2S2. The Labute approximate surface area is 115 Å². The number of thiazole rings is 1. The summed E-state index contributed by atoms with van der Waals surface area (Å²) in [5.74, 6) is 0.574. The molecule has 1 unspecified atom stereocenters. The molecule has 0 amide bonds. The fourth-order valence-corrected chi connectivity index (χ4v) is 3.82. The predicted octanol–water partition coefficient (Wildman–Crippen LogP) is 2.54. The Bertz CT molecular complexity index is 445. The summed E-state index contributed by atoms with van der Waals surface area (Å²) in [6.45, 7) is 4.41. The molecule has 1 heterocycles. The van der Waals surface area contributed by atoms with Gasteiger partial charge in [0.15, 0.2) is 4.21 Å². The van der Waals surface area contributed by atoms with Gasteiger partial charge in [0.1, 0.15) is 0 Å². The molecule has 0 bridgehead atoms. The summed E-state index contributed by atoms with van der Waals surface area (Å²) in [5.41, 5.74) is 0. The van der Waals surface area contributed by atoms with Crippen LogP contribution in [0.1, 0.15) is 24.8 Å². The van der Waals surface area contributed by atoms with Gasteiger partial charge < -0.3 is 0 Å². The van der Waals surface area contributed by atoms with Crippen LogP contribution in [0.25, 0.3) is 0 Å². The van der Waals surface area contributed by atoms with Crippen LogP contribution >= 0.6 is 27.3 Å².